The number of aromatic nitrogens is 3. The first-order valence-electron chi connectivity index (χ1n) is 7.94. The van der Waals surface area contributed by atoms with Crippen molar-refractivity contribution in [3.05, 3.63) is 79.1 Å². The van der Waals surface area contributed by atoms with E-state index in [2.05, 4.69) is 19.9 Å². The summed E-state index contributed by atoms with van der Waals surface area (Å²) < 4.78 is 4.89. The Bertz CT molecular complexity index is 738. The molecule has 7 heteroatoms. The minimum Gasteiger partial charge on any atom is -0.496 e. The van der Waals surface area contributed by atoms with Gasteiger partial charge in [-0.3, -0.25) is 4.79 Å². The van der Waals surface area contributed by atoms with E-state index in [1.165, 1.54) is 5.69 Å². The van der Waals surface area contributed by atoms with Gasteiger partial charge in [0.25, 0.3) is 5.91 Å². The van der Waals surface area contributed by atoms with Gasteiger partial charge in [-0.1, -0.05) is 0 Å². The van der Waals surface area contributed by atoms with Crippen molar-refractivity contribution >= 4 is 11.6 Å². The van der Waals surface area contributed by atoms with Crippen molar-refractivity contribution in [1.29, 1.82) is 0 Å². The highest BCUT2D eigenvalue weighted by atomic mass is 16.5. The number of rotatable bonds is 3. The summed E-state index contributed by atoms with van der Waals surface area (Å²) in [4.78, 5) is 21.1. The van der Waals surface area contributed by atoms with Gasteiger partial charge in [0.15, 0.2) is 37.2 Å². The second-order valence-corrected chi connectivity index (χ2v) is 5.25. The van der Waals surface area contributed by atoms with Gasteiger partial charge in [0.1, 0.15) is 11.3 Å². The first kappa shape index (κ1) is 20.6. The monoisotopic (exact) mass is 356 g/mol. The van der Waals surface area contributed by atoms with Crippen LogP contribution >= 0.6 is 0 Å². The largest absolute Gasteiger partial charge is 0.496 e. The number of nitrogens with zero attached hydrogens (tertiary/aromatic N) is 1. The molecule has 0 atom stereocenters. The van der Waals surface area contributed by atoms with Gasteiger partial charge in [-0.05, 0) is 6.07 Å². The first-order chi connectivity index (χ1) is 12.5. The van der Waals surface area contributed by atoms with Gasteiger partial charge in [0.2, 0.25) is 0 Å². The number of ether oxygens (including phenoxy) is 1. The Labute approximate surface area is 153 Å². The third-order valence-electron chi connectivity index (χ3n) is 3.13. The topological polar surface area (TPSA) is 98.0 Å². The van der Waals surface area contributed by atoms with Crippen LogP contribution in [0.15, 0.2) is 73.6 Å². The fraction of sp³-hybridized carbons (Fsp3) is 0.158. The summed E-state index contributed by atoms with van der Waals surface area (Å²) in [6.07, 6.45) is 10.7. The average Bonchev–Trinajstić information content (AvgIpc) is 2.71. The molecular weight excluding hydrogens is 330 g/mol. The van der Waals surface area contributed by atoms with E-state index in [0.717, 1.165) is 5.75 Å². The van der Waals surface area contributed by atoms with E-state index in [0.29, 0.717) is 5.56 Å². The van der Waals surface area contributed by atoms with E-state index < -0.39 is 5.91 Å². The summed E-state index contributed by atoms with van der Waals surface area (Å²) in [7, 11) is 5.69. The molecule has 0 unspecified atom stereocenters. The number of methoxy groups -OCH3 is 1. The van der Waals surface area contributed by atoms with Crippen LogP contribution in [0.2, 0.25) is 0 Å². The Hall–Kier alpha value is -3.48. The summed E-state index contributed by atoms with van der Waals surface area (Å²) >= 11 is 0. The predicted octanol–water partition coefficient (Wildman–Crippen LogP) is 0.676. The molecule has 3 rings (SSSR count). The van der Waals surface area contributed by atoms with E-state index in [1.54, 1.807) is 31.6 Å². The Kier molecular flexibility index (Phi) is 9.46. The van der Waals surface area contributed by atoms with Gasteiger partial charge in [0, 0.05) is 50.1 Å². The first-order valence-corrected chi connectivity index (χ1v) is 7.94. The zero-order chi connectivity index (χ0) is 19.2. The lowest BCUT2D eigenvalue weighted by Crippen LogP contribution is -2.14. The third kappa shape index (κ3) is 8.39. The summed E-state index contributed by atoms with van der Waals surface area (Å²) in [5.41, 5.74) is 6.67. The van der Waals surface area contributed by atoms with Crippen LogP contribution in [0.3, 0.4) is 0 Å². The molecule has 0 spiro atoms. The number of primary amides is 1. The molecule has 0 saturated carbocycles. The zero-order valence-corrected chi connectivity index (χ0v) is 15.3. The van der Waals surface area contributed by atoms with Crippen LogP contribution in [0.5, 0.6) is 5.75 Å². The summed E-state index contributed by atoms with van der Waals surface area (Å²) in [6.45, 7) is 0. The van der Waals surface area contributed by atoms with Crippen LogP contribution in [-0.4, -0.2) is 27.1 Å². The van der Waals surface area contributed by atoms with Crippen LogP contribution < -0.4 is 30.3 Å². The maximum absolute atomic E-state index is 10.4. The Morgan fingerprint density at radius 2 is 1.50 bits per heavy atom. The minimum absolute atomic E-state index is 0.410. The van der Waals surface area contributed by atoms with Crippen molar-refractivity contribution in [1.82, 2.24) is 0 Å². The average molecular weight is 356 g/mol. The maximum Gasteiger partial charge on any atom is 0.254 e. The molecule has 0 aliphatic carbocycles. The Balaban J connectivity index is 0.000000195. The lowest BCUT2D eigenvalue weighted by molar-refractivity contribution is -0.378. The standard InChI is InChI=1S/C7H10N2.C6H6N2O.C6H7NO/c1-9(2)7-3-5-8-6-4-7;7-6(9)5-2-1-3-8-4-5;1-8-6-2-4-7-5-3-6/h3-6H,1-2H3;1-4H,(H2,7,9);2-5H,1H3/p+3. The van der Waals surface area contributed by atoms with E-state index in [4.69, 9.17) is 10.5 Å². The molecule has 5 N–H and O–H groups in total. The zero-order valence-electron chi connectivity index (χ0n) is 15.3. The Morgan fingerprint density at radius 3 is 1.81 bits per heavy atom. The van der Waals surface area contributed by atoms with Crippen molar-refractivity contribution in [2.75, 3.05) is 26.1 Å². The molecule has 0 aliphatic rings. The SMILES string of the molecule is CN(C)c1cc[nH+]cc1.COc1cc[nH+]cc1.NC(=O)c1ccc[nH+]c1. The molecular formula is C19H26N5O2+3. The van der Waals surface area contributed by atoms with Crippen LogP contribution in [0.1, 0.15) is 10.4 Å². The fourth-order valence-corrected chi connectivity index (χ4v) is 1.73. The van der Waals surface area contributed by atoms with Gasteiger partial charge in [-0.25, -0.2) is 15.0 Å². The molecule has 0 fully saturated rings. The quantitative estimate of drug-likeness (QED) is 0.747. The van der Waals surface area contributed by atoms with E-state index >= 15 is 0 Å². The van der Waals surface area contributed by atoms with E-state index in [1.807, 2.05) is 63.1 Å². The van der Waals surface area contributed by atoms with Crippen LogP contribution in [0, 0.1) is 0 Å². The number of anilines is 1. The third-order valence-corrected chi connectivity index (χ3v) is 3.13. The molecule has 0 saturated heterocycles. The number of pyridine rings is 3. The van der Waals surface area contributed by atoms with Gasteiger partial charge in [-0.15, -0.1) is 0 Å². The molecule has 0 bridgehead atoms. The van der Waals surface area contributed by atoms with Crippen molar-refractivity contribution in [2.45, 2.75) is 0 Å². The van der Waals surface area contributed by atoms with Crippen molar-refractivity contribution in [3.63, 3.8) is 0 Å². The number of carbonyl (C=O) groups is 1. The molecule has 136 valence electrons. The number of aromatic amines is 3. The summed E-state index contributed by atoms with van der Waals surface area (Å²) in [5, 5.41) is 0. The normalized spacial score (nSPS) is 8.88. The molecule has 0 aliphatic heterocycles. The smallest absolute Gasteiger partial charge is 0.254 e. The molecule has 0 radical (unpaired) electrons. The Morgan fingerprint density at radius 1 is 0.923 bits per heavy atom. The lowest BCUT2D eigenvalue weighted by Gasteiger charge is -2.08. The highest BCUT2D eigenvalue weighted by Crippen LogP contribution is 2.04. The molecule has 7 nitrogen and oxygen atoms in total. The maximum atomic E-state index is 10.4. The molecule has 3 aromatic rings. The molecule has 1 amide bonds. The van der Waals surface area contributed by atoms with Crippen molar-refractivity contribution in [3.8, 4) is 5.75 Å². The van der Waals surface area contributed by atoms with Crippen LogP contribution in [0.25, 0.3) is 0 Å². The number of carbonyl (C=O) groups excluding carboxylic acids is 1. The number of nitrogens with two attached hydrogens (primary N) is 1. The number of amides is 1. The summed E-state index contributed by atoms with van der Waals surface area (Å²) in [6, 6.07) is 11.2. The molecule has 3 heterocycles. The van der Waals surface area contributed by atoms with E-state index in [-0.39, 0.29) is 0 Å². The lowest BCUT2D eigenvalue weighted by atomic mass is 10.3. The molecule has 3 aromatic heterocycles. The van der Waals surface area contributed by atoms with Crippen LogP contribution in [-0.2, 0) is 0 Å². The summed E-state index contributed by atoms with van der Waals surface area (Å²) in [5.74, 6) is 0.468. The van der Waals surface area contributed by atoms with Gasteiger partial charge in [-0.2, -0.15) is 0 Å². The van der Waals surface area contributed by atoms with Gasteiger partial charge < -0.3 is 15.4 Å². The number of hydrogen-bond donors (Lipinski definition) is 1. The van der Waals surface area contributed by atoms with Crippen molar-refractivity contribution < 1.29 is 24.5 Å². The molecule has 0 aromatic carbocycles. The minimum atomic E-state index is -0.410. The second kappa shape index (κ2) is 12.0. The van der Waals surface area contributed by atoms with E-state index in [9.17, 15) is 4.79 Å². The van der Waals surface area contributed by atoms with Gasteiger partial charge >= 0.3 is 0 Å². The van der Waals surface area contributed by atoms with Crippen LogP contribution in [0.4, 0.5) is 5.69 Å². The number of nitrogens with one attached hydrogen (secondary N) is 3. The van der Waals surface area contributed by atoms with Crippen molar-refractivity contribution in [2.24, 2.45) is 5.73 Å². The predicted molar refractivity (Wildman–Crippen MR) is 98.4 cm³/mol. The van der Waals surface area contributed by atoms with Gasteiger partial charge in [0.05, 0.1) is 7.11 Å². The number of H-pyrrole nitrogens is 3. The fourth-order valence-electron chi connectivity index (χ4n) is 1.73. The molecule has 26 heavy (non-hydrogen) atoms. The number of hydrogen-bond acceptors (Lipinski definition) is 3. The highest BCUT2D eigenvalue weighted by Gasteiger charge is 1.98. The second-order valence-electron chi connectivity index (χ2n) is 5.25. The highest BCUT2D eigenvalue weighted by molar-refractivity contribution is 5.92.